The van der Waals surface area contributed by atoms with Crippen LogP contribution in [-0.4, -0.2) is 27.3 Å². The molecule has 0 bridgehead atoms. The van der Waals surface area contributed by atoms with Crippen molar-refractivity contribution >= 4 is 0 Å². The van der Waals surface area contributed by atoms with Gasteiger partial charge in [-0.05, 0) is 48.9 Å². The number of benzene rings is 1. The molecule has 0 aromatic heterocycles. The number of rotatable bonds is 4. The van der Waals surface area contributed by atoms with Gasteiger partial charge in [-0.1, -0.05) is 19.9 Å². The molecule has 1 heterocycles. The van der Waals surface area contributed by atoms with E-state index in [2.05, 4.69) is 25.2 Å². The monoisotopic (exact) mass is 263 g/mol. The maximum Gasteiger partial charge on any atom is 0.126 e. The van der Waals surface area contributed by atoms with E-state index in [0.29, 0.717) is 17.8 Å². The molecule has 19 heavy (non-hydrogen) atoms. The SMILES string of the molecule is COc1ccc(C2CCNCC2C(C)C)c(OC)c1. The molecule has 0 saturated carbocycles. The van der Waals surface area contributed by atoms with Crippen molar-refractivity contribution in [2.24, 2.45) is 11.8 Å². The molecule has 3 heteroatoms. The van der Waals surface area contributed by atoms with Crippen molar-refractivity contribution in [3.63, 3.8) is 0 Å². The third-order valence-electron chi connectivity index (χ3n) is 4.23. The van der Waals surface area contributed by atoms with Crippen LogP contribution in [0.3, 0.4) is 0 Å². The van der Waals surface area contributed by atoms with E-state index in [-0.39, 0.29) is 0 Å². The molecule has 0 spiro atoms. The lowest BCUT2D eigenvalue weighted by Gasteiger charge is -2.36. The van der Waals surface area contributed by atoms with Crippen LogP contribution < -0.4 is 14.8 Å². The van der Waals surface area contributed by atoms with E-state index in [1.807, 2.05) is 12.1 Å². The van der Waals surface area contributed by atoms with Gasteiger partial charge >= 0.3 is 0 Å². The van der Waals surface area contributed by atoms with Crippen LogP contribution in [0.2, 0.25) is 0 Å². The van der Waals surface area contributed by atoms with E-state index in [1.54, 1.807) is 14.2 Å². The molecule has 1 N–H and O–H groups in total. The summed E-state index contributed by atoms with van der Waals surface area (Å²) < 4.78 is 10.8. The second-order valence-corrected chi connectivity index (χ2v) is 5.62. The maximum atomic E-state index is 5.57. The molecule has 2 rings (SSSR count). The topological polar surface area (TPSA) is 30.5 Å². The van der Waals surface area contributed by atoms with Gasteiger partial charge in [-0.25, -0.2) is 0 Å². The number of methoxy groups -OCH3 is 2. The first kappa shape index (κ1) is 14.2. The Hall–Kier alpha value is -1.22. The standard InChI is InChI=1S/C16H25NO2/c1-11(2)15-10-17-8-7-13(15)14-6-5-12(18-3)9-16(14)19-4/h5-6,9,11,13,15,17H,7-8,10H2,1-4H3. The van der Waals surface area contributed by atoms with Crippen molar-refractivity contribution in [2.45, 2.75) is 26.2 Å². The minimum atomic E-state index is 0.571. The third-order valence-corrected chi connectivity index (χ3v) is 4.23. The fourth-order valence-electron chi connectivity index (χ4n) is 3.09. The van der Waals surface area contributed by atoms with Crippen molar-refractivity contribution in [3.8, 4) is 11.5 Å². The summed E-state index contributed by atoms with van der Waals surface area (Å²) in [5.74, 6) is 3.72. The lowest BCUT2D eigenvalue weighted by atomic mass is 9.75. The molecule has 3 nitrogen and oxygen atoms in total. The molecule has 1 aromatic rings. The molecule has 1 fully saturated rings. The zero-order valence-electron chi connectivity index (χ0n) is 12.4. The first-order valence-corrected chi connectivity index (χ1v) is 7.10. The second-order valence-electron chi connectivity index (χ2n) is 5.62. The van der Waals surface area contributed by atoms with Gasteiger partial charge in [-0.15, -0.1) is 0 Å². The lowest BCUT2D eigenvalue weighted by molar-refractivity contribution is 0.250. The highest BCUT2D eigenvalue weighted by Gasteiger charge is 2.30. The Morgan fingerprint density at radius 1 is 1.21 bits per heavy atom. The predicted octanol–water partition coefficient (Wildman–Crippen LogP) is 3.05. The first-order valence-electron chi connectivity index (χ1n) is 7.10. The molecular weight excluding hydrogens is 238 g/mol. The van der Waals surface area contributed by atoms with E-state index in [9.17, 15) is 0 Å². The summed E-state index contributed by atoms with van der Waals surface area (Å²) in [4.78, 5) is 0. The maximum absolute atomic E-state index is 5.57. The van der Waals surface area contributed by atoms with E-state index < -0.39 is 0 Å². The van der Waals surface area contributed by atoms with Gasteiger partial charge in [0.15, 0.2) is 0 Å². The van der Waals surface area contributed by atoms with Crippen LogP contribution >= 0.6 is 0 Å². The van der Waals surface area contributed by atoms with Crippen LogP contribution in [0.5, 0.6) is 11.5 Å². The average molecular weight is 263 g/mol. The number of ether oxygens (including phenoxy) is 2. The van der Waals surface area contributed by atoms with Crippen LogP contribution in [-0.2, 0) is 0 Å². The van der Waals surface area contributed by atoms with Crippen LogP contribution in [0.15, 0.2) is 18.2 Å². The van der Waals surface area contributed by atoms with Crippen molar-refractivity contribution in [1.29, 1.82) is 0 Å². The van der Waals surface area contributed by atoms with Gasteiger partial charge in [0, 0.05) is 6.07 Å². The molecule has 2 unspecified atom stereocenters. The summed E-state index contributed by atoms with van der Waals surface area (Å²) in [6.07, 6.45) is 1.17. The van der Waals surface area contributed by atoms with E-state index in [1.165, 1.54) is 12.0 Å². The molecule has 1 saturated heterocycles. The Morgan fingerprint density at radius 2 is 2.00 bits per heavy atom. The Morgan fingerprint density at radius 3 is 2.63 bits per heavy atom. The quantitative estimate of drug-likeness (QED) is 0.905. The summed E-state index contributed by atoms with van der Waals surface area (Å²) in [6.45, 7) is 6.79. The summed E-state index contributed by atoms with van der Waals surface area (Å²) in [6, 6.07) is 6.20. The molecule has 0 radical (unpaired) electrons. The van der Waals surface area contributed by atoms with Crippen molar-refractivity contribution < 1.29 is 9.47 Å². The highest BCUT2D eigenvalue weighted by Crippen LogP contribution is 2.40. The summed E-state index contributed by atoms with van der Waals surface area (Å²) in [7, 11) is 3.43. The number of hydrogen-bond acceptors (Lipinski definition) is 3. The molecular formula is C16H25NO2. The minimum Gasteiger partial charge on any atom is -0.497 e. The van der Waals surface area contributed by atoms with Crippen LogP contribution in [0.1, 0.15) is 31.7 Å². The van der Waals surface area contributed by atoms with Crippen LogP contribution in [0.4, 0.5) is 0 Å². The number of piperidine rings is 1. The van der Waals surface area contributed by atoms with E-state index in [4.69, 9.17) is 9.47 Å². The second kappa shape index (κ2) is 6.29. The molecule has 2 atom stereocenters. The van der Waals surface area contributed by atoms with Crippen LogP contribution in [0, 0.1) is 11.8 Å². The fourth-order valence-corrected chi connectivity index (χ4v) is 3.09. The predicted molar refractivity (Wildman–Crippen MR) is 78.1 cm³/mol. The molecule has 1 aliphatic heterocycles. The number of nitrogens with one attached hydrogen (secondary N) is 1. The van der Waals surface area contributed by atoms with Crippen LogP contribution in [0.25, 0.3) is 0 Å². The van der Waals surface area contributed by atoms with Gasteiger partial charge in [0.05, 0.1) is 14.2 Å². The normalized spacial score (nSPS) is 23.4. The average Bonchev–Trinajstić information content (AvgIpc) is 2.46. The fraction of sp³-hybridized carbons (Fsp3) is 0.625. The third kappa shape index (κ3) is 3.03. The molecule has 0 amide bonds. The molecule has 1 aliphatic rings. The van der Waals surface area contributed by atoms with Gasteiger partial charge in [-0.2, -0.15) is 0 Å². The Labute approximate surface area is 116 Å². The highest BCUT2D eigenvalue weighted by molar-refractivity contribution is 5.43. The Kier molecular flexibility index (Phi) is 4.70. The Bertz CT molecular complexity index is 417. The van der Waals surface area contributed by atoms with Crippen molar-refractivity contribution in [2.75, 3.05) is 27.3 Å². The van der Waals surface area contributed by atoms with Gasteiger partial charge in [-0.3, -0.25) is 0 Å². The zero-order valence-corrected chi connectivity index (χ0v) is 12.4. The molecule has 0 aliphatic carbocycles. The summed E-state index contributed by atoms with van der Waals surface area (Å²) in [5.41, 5.74) is 1.32. The highest BCUT2D eigenvalue weighted by atomic mass is 16.5. The van der Waals surface area contributed by atoms with Crippen molar-refractivity contribution in [1.82, 2.24) is 5.32 Å². The van der Waals surface area contributed by atoms with Gasteiger partial charge < -0.3 is 14.8 Å². The first-order chi connectivity index (χ1) is 9.17. The lowest BCUT2D eigenvalue weighted by Crippen LogP contribution is -2.38. The summed E-state index contributed by atoms with van der Waals surface area (Å²) in [5, 5.41) is 3.51. The molecule has 106 valence electrons. The van der Waals surface area contributed by atoms with Gasteiger partial charge in [0.1, 0.15) is 11.5 Å². The van der Waals surface area contributed by atoms with Gasteiger partial charge in [0.25, 0.3) is 0 Å². The largest absolute Gasteiger partial charge is 0.497 e. The summed E-state index contributed by atoms with van der Waals surface area (Å²) >= 11 is 0. The number of hydrogen-bond donors (Lipinski definition) is 1. The van der Waals surface area contributed by atoms with E-state index in [0.717, 1.165) is 24.6 Å². The smallest absolute Gasteiger partial charge is 0.126 e. The zero-order chi connectivity index (χ0) is 13.8. The van der Waals surface area contributed by atoms with E-state index >= 15 is 0 Å². The van der Waals surface area contributed by atoms with Crippen molar-refractivity contribution in [3.05, 3.63) is 23.8 Å². The minimum absolute atomic E-state index is 0.571. The molecule has 1 aromatic carbocycles. The van der Waals surface area contributed by atoms with Gasteiger partial charge in [0.2, 0.25) is 0 Å². The Balaban J connectivity index is 2.32.